The van der Waals surface area contributed by atoms with Crippen molar-refractivity contribution in [1.82, 2.24) is 9.78 Å². The molecule has 3 rings (SSSR count). The Bertz CT molecular complexity index is 435. The van der Waals surface area contributed by atoms with E-state index in [-0.39, 0.29) is 11.5 Å². The van der Waals surface area contributed by atoms with Crippen LogP contribution in [0.1, 0.15) is 44.4 Å². The van der Waals surface area contributed by atoms with E-state index < -0.39 is 6.10 Å². The molecule has 1 spiro atoms. The zero-order valence-corrected chi connectivity index (χ0v) is 12.1. The molecule has 0 aromatic carbocycles. The first-order valence-electron chi connectivity index (χ1n) is 7.65. The van der Waals surface area contributed by atoms with E-state index in [2.05, 4.69) is 5.10 Å². The molecular weight excluding hydrogens is 256 g/mol. The van der Waals surface area contributed by atoms with Gasteiger partial charge in [0.25, 0.3) is 0 Å². The van der Waals surface area contributed by atoms with Crippen molar-refractivity contribution in [2.75, 3.05) is 19.8 Å². The van der Waals surface area contributed by atoms with Crippen molar-refractivity contribution < 1.29 is 14.6 Å². The van der Waals surface area contributed by atoms with Gasteiger partial charge in [-0.05, 0) is 44.6 Å². The maximum atomic E-state index is 10.7. The Morgan fingerprint density at radius 2 is 2.25 bits per heavy atom. The van der Waals surface area contributed by atoms with Crippen molar-refractivity contribution in [3.63, 3.8) is 0 Å². The molecule has 2 atom stereocenters. The third kappa shape index (κ3) is 2.62. The van der Waals surface area contributed by atoms with Gasteiger partial charge in [0.15, 0.2) is 0 Å². The van der Waals surface area contributed by atoms with E-state index in [4.69, 9.17) is 9.47 Å². The summed E-state index contributed by atoms with van der Waals surface area (Å²) in [5.41, 5.74) is 0.862. The third-order valence-electron chi connectivity index (χ3n) is 4.73. The predicted octanol–water partition coefficient (Wildman–Crippen LogP) is 1.91. The first-order chi connectivity index (χ1) is 9.74. The highest BCUT2D eigenvalue weighted by Crippen LogP contribution is 2.41. The lowest BCUT2D eigenvalue weighted by molar-refractivity contribution is -0.159. The molecule has 5 heteroatoms. The third-order valence-corrected chi connectivity index (χ3v) is 4.73. The molecule has 0 bridgehead atoms. The number of hydrogen-bond donors (Lipinski definition) is 1. The summed E-state index contributed by atoms with van der Waals surface area (Å²) < 4.78 is 13.4. The highest BCUT2D eigenvalue weighted by atomic mass is 16.5. The van der Waals surface area contributed by atoms with E-state index in [1.54, 1.807) is 6.20 Å². The summed E-state index contributed by atoms with van der Waals surface area (Å²) in [5, 5.41) is 15.0. The van der Waals surface area contributed by atoms with Gasteiger partial charge in [0.2, 0.25) is 0 Å². The van der Waals surface area contributed by atoms with E-state index in [1.165, 1.54) is 0 Å². The van der Waals surface area contributed by atoms with Crippen molar-refractivity contribution in [2.24, 2.45) is 5.92 Å². The summed E-state index contributed by atoms with van der Waals surface area (Å²) in [6, 6.07) is 1.93. The molecule has 0 amide bonds. The van der Waals surface area contributed by atoms with Gasteiger partial charge in [-0.1, -0.05) is 0 Å². The molecule has 2 aliphatic rings. The van der Waals surface area contributed by atoms with Gasteiger partial charge in [0.05, 0.1) is 17.4 Å². The molecule has 20 heavy (non-hydrogen) atoms. The van der Waals surface area contributed by atoms with Crippen molar-refractivity contribution >= 4 is 0 Å². The predicted molar refractivity (Wildman–Crippen MR) is 74.3 cm³/mol. The van der Waals surface area contributed by atoms with Gasteiger partial charge in [-0.15, -0.1) is 0 Å². The Balaban J connectivity index is 1.73. The highest BCUT2D eigenvalue weighted by molar-refractivity contribution is 5.07. The Hall–Kier alpha value is -0.910. The molecule has 5 nitrogen and oxygen atoms in total. The van der Waals surface area contributed by atoms with Gasteiger partial charge in [0, 0.05) is 32.6 Å². The van der Waals surface area contributed by atoms with Gasteiger partial charge in [-0.25, -0.2) is 0 Å². The molecular formula is C15H24N2O3. The SMILES string of the molecule is CCn1nccc1C(O)C1CCOC2(CCOCC2)C1. The van der Waals surface area contributed by atoms with E-state index in [0.717, 1.165) is 57.7 Å². The first-order valence-corrected chi connectivity index (χ1v) is 7.65. The molecule has 3 heterocycles. The summed E-state index contributed by atoms with van der Waals surface area (Å²) in [4.78, 5) is 0. The van der Waals surface area contributed by atoms with Crippen LogP contribution in [0.4, 0.5) is 0 Å². The van der Waals surface area contributed by atoms with Crippen LogP contribution in [0.5, 0.6) is 0 Å². The van der Waals surface area contributed by atoms with Crippen molar-refractivity contribution in [3.8, 4) is 0 Å². The maximum absolute atomic E-state index is 10.7. The quantitative estimate of drug-likeness (QED) is 0.919. The molecule has 2 unspecified atom stereocenters. The number of nitrogens with zero attached hydrogens (tertiary/aromatic N) is 2. The van der Waals surface area contributed by atoms with Crippen molar-refractivity contribution in [1.29, 1.82) is 0 Å². The van der Waals surface area contributed by atoms with Crippen LogP contribution in [-0.4, -0.2) is 40.3 Å². The summed E-state index contributed by atoms with van der Waals surface area (Å²) in [7, 11) is 0. The van der Waals surface area contributed by atoms with Gasteiger partial charge in [-0.3, -0.25) is 4.68 Å². The normalized spacial score (nSPS) is 27.6. The Labute approximate surface area is 119 Å². The lowest BCUT2D eigenvalue weighted by Gasteiger charge is -2.44. The fourth-order valence-electron chi connectivity index (χ4n) is 3.53. The molecule has 1 aromatic heterocycles. The molecule has 1 aromatic rings. The van der Waals surface area contributed by atoms with Gasteiger partial charge in [-0.2, -0.15) is 5.10 Å². The van der Waals surface area contributed by atoms with Crippen LogP contribution in [0.25, 0.3) is 0 Å². The van der Waals surface area contributed by atoms with Crippen LogP contribution in [0, 0.1) is 5.92 Å². The topological polar surface area (TPSA) is 56.5 Å². The second kappa shape index (κ2) is 5.84. The van der Waals surface area contributed by atoms with Crippen LogP contribution in [0.15, 0.2) is 12.3 Å². The van der Waals surface area contributed by atoms with Crippen LogP contribution in [0.3, 0.4) is 0 Å². The largest absolute Gasteiger partial charge is 0.387 e. The number of hydrogen-bond acceptors (Lipinski definition) is 4. The van der Waals surface area contributed by atoms with Gasteiger partial charge in [0.1, 0.15) is 0 Å². The zero-order valence-electron chi connectivity index (χ0n) is 12.1. The summed E-state index contributed by atoms with van der Waals surface area (Å²) in [5.74, 6) is 0.254. The van der Waals surface area contributed by atoms with Gasteiger partial charge < -0.3 is 14.6 Å². The average Bonchev–Trinajstić information content (AvgIpc) is 2.96. The number of rotatable bonds is 3. The summed E-state index contributed by atoms with van der Waals surface area (Å²) in [6.07, 6.45) is 5.06. The molecule has 1 N–H and O–H groups in total. The molecule has 0 saturated carbocycles. The van der Waals surface area contributed by atoms with Crippen molar-refractivity contribution in [2.45, 2.75) is 50.9 Å². The summed E-state index contributed by atoms with van der Waals surface area (Å²) in [6.45, 7) is 5.13. The Morgan fingerprint density at radius 1 is 1.45 bits per heavy atom. The minimum absolute atomic E-state index is 0.0702. The van der Waals surface area contributed by atoms with Crippen LogP contribution in [0.2, 0.25) is 0 Å². The molecule has 112 valence electrons. The standard InChI is InChI=1S/C15H24N2O3/c1-2-17-13(3-7-16-17)14(18)12-4-8-20-15(11-12)5-9-19-10-6-15/h3,7,12,14,18H,2,4-6,8-11H2,1H3. The number of aliphatic hydroxyl groups is 1. The minimum Gasteiger partial charge on any atom is -0.387 e. The molecule has 2 aliphatic heterocycles. The number of aryl methyl sites for hydroxylation is 1. The van der Waals surface area contributed by atoms with Gasteiger partial charge >= 0.3 is 0 Å². The fraction of sp³-hybridized carbons (Fsp3) is 0.800. The maximum Gasteiger partial charge on any atom is 0.0986 e. The second-order valence-corrected chi connectivity index (χ2v) is 5.91. The lowest BCUT2D eigenvalue weighted by Crippen LogP contribution is -2.45. The minimum atomic E-state index is -0.443. The molecule has 2 saturated heterocycles. The van der Waals surface area contributed by atoms with Crippen LogP contribution in [-0.2, 0) is 16.0 Å². The monoisotopic (exact) mass is 280 g/mol. The molecule has 0 aliphatic carbocycles. The lowest BCUT2D eigenvalue weighted by atomic mass is 9.78. The molecule has 2 fully saturated rings. The smallest absolute Gasteiger partial charge is 0.0986 e. The second-order valence-electron chi connectivity index (χ2n) is 5.91. The highest BCUT2D eigenvalue weighted by Gasteiger charge is 2.41. The van der Waals surface area contributed by atoms with E-state index in [9.17, 15) is 5.11 Å². The number of ether oxygens (including phenoxy) is 2. The van der Waals surface area contributed by atoms with Crippen molar-refractivity contribution in [3.05, 3.63) is 18.0 Å². The Kier molecular flexibility index (Phi) is 4.10. The molecule has 0 radical (unpaired) electrons. The first kappa shape index (κ1) is 14.0. The number of aromatic nitrogens is 2. The summed E-state index contributed by atoms with van der Waals surface area (Å²) >= 11 is 0. The zero-order chi connectivity index (χ0) is 14.0. The fourth-order valence-corrected chi connectivity index (χ4v) is 3.53. The van der Waals surface area contributed by atoms with Crippen LogP contribution < -0.4 is 0 Å². The van der Waals surface area contributed by atoms with E-state index in [0.29, 0.717) is 0 Å². The number of aliphatic hydroxyl groups excluding tert-OH is 1. The van der Waals surface area contributed by atoms with E-state index >= 15 is 0 Å². The van der Waals surface area contributed by atoms with Crippen LogP contribution >= 0.6 is 0 Å². The Morgan fingerprint density at radius 3 is 3.00 bits per heavy atom. The van der Waals surface area contributed by atoms with E-state index in [1.807, 2.05) is 17.7 Å². The average molecular weight is 280 g/mol.